The number of esters is 1. The van der Waals surface area contributed by atoms with Gasteiger partial charge in [-0.25, -0.2) is 4.57 Å². The van der Waals surface area contributed by atoms with Crippen molar-refractivity contribution in [3.8, 4) is 0 Å². The smallest absolute Gasteiger partial charge is 0.472 e. The van der Waals surface area contributed by atoms with Crippen LogP contribution in [-0.2, 0) is 32.7 Å². The van der Waals surface area contributed by atoms with Crippen molar-refractivity contribution in [2.24, 2.45) is 5.73 Å². The number of unbranched alkanes of at least 4 members (excludes halogenated alkanes) is 27. The standard InChI is InChI=1S/C40H80NO9P/c1-3-5-7-9-11-13-15-17-18-19-20-21-22-24-26-28-30-32-39(42)50-37(35-48-51(45,46)49-36-38(41)40(43)44)34-47-33-31-29-27-25-23-16-14-12-10-8-6-4-2/h37-38H,3-36,41H2,1-2H3,(H,43,44)(H,45,46). The van der Waals surface area contributed by atoms with E-state index in [-0.39, 0.29) is 13.0 Å². The first-order valence-electron chi connectivity index (χ1n) is 21.1. The predicted molar refractivity (Wildman–Crippen MR) is 208 cm³/mol. The van der Waals surface area contributed by atoms with Gasteiger partial charge in [-0.1, -0.05) is 187 Å². The molecule has 0 saturated carbocycles. The molecule has 0 fully saturated rings. The van der Waals surface area contributed by atoms with E-state index in [9.17, 15) is 19.0 Å². The van der Waals surface area contributed by atoms with Gasteiger partial charge in [-0.05, 0) is 12.8 Å². The summed E-state index contributed by atoms with van der Waals surface area (Å²) in [6, 6.07) is -1.47. The second-order valence-corrected chi connectivity index (χ2v) is 15.9. The molecule has 0 radical (unpaired) electrons. The van der Waals surface area contributed by atoms with Gasteiger partial charge in [0.25, 0.3) is 0 Å². The van der Waals surface area contributed by atoms with Crippen molar-refractivity contribution in [3.63, 3.8) is 0 Å². The zero-order chi connectivity index (χ0) is 37.7. The summed E-state index contributed by atoms with van der Waals surface area (Å²) in [5.74, 6) is -1.77. The molecule has 0 aromatic carbocycles. The first-order chi connectivity index (χ1) is 24.7. The zero-order valence-corrected chi connectivity index (χ0v) is 33.9. The molecule has 0 heterocycles. The zero-order valence-electron chi connectivity index (χ0n) is 33.0. The van der Waals surface area contributed by atoms with Gasteiger partial charge in [-0.2, -0.15) is 0 Å². The van der Waals surface area contributed by atoms with Gasteiger partial charge in [0, 0.05) is 13.0 Å². The number of phosphoric ester groups is 1. The second kappa shape index (κ2) is 37.3. The summed E-state index contributed by atoms with van der Waals surface area (Å²) in [5.41, 5.74) is 5.35. The topological polar surface area (TPSA) is 155 Å². The summed E-state index contributed by atoms with van der Waals surface area (Å²) in [4.78, 5) is 33.5. The molecule has 0 aliphatic carbocycles. The lowest BCUT2D eigenvalue weighted by Crippen LogP contribution is -2.34. The minimum absolute atomic E-state index is 0.0253. The third kappa shape index (κ3) is 37.1. The highest BCUT2D eigenvalue weighted by atomic mass is 31.2. The normalized spacial score (nSPS) is 14.0. The Morgan fingerprint density at radius 1 is 0.549 bits per heavy atom. The predicted octanol–water partition coefficient (Wildman–Crippen LogP) is 11.2. The lowest BCUT2D eigenvalue weighted by molar-refractivity contribution is -0.154. The maximum atomic E-state index is 12.6. The van der Waals surface area contributed by atoms with Gasteiger partial charge in [0.05, 0.1) is 19.8 Å². The SMILES string of the molecule is CCCCCCCCCCCCCCCCCCCC(=O)OC(COCCCCCCCCCCCCCC)COP(=O)(O)OCC(N)C(=O)O. The Labute approximate surface area is 312 Å². The van der Waals surface area contributed by atoms with Crippen LogP contribution in [0.15, 0.2) is 0 Å². The maximum absolute atomic E-state index is 12.6. The molecule has 0 amide bonds. The minimum Gasteiger partial charge on any atom is -0.480 e. The van der Waals surface area contributed by atoms with E-state index < -0.39 is 45.1 Å². The maximum Gasteiger partial charge on any atom is 0.472 e. The van der Waals surface area contributed by atoms with E-state index in [1.165, 1.54) is 148 Å². The van der Waals surface area contributed by atoms with Crippen molar-refractivity contribution >= 4 is 19.8 Å². The third-order valence-corrected chi connectivity index (χ3v) is 10.3. The van der Waals surface area contributed by atoms with E-state index in [0.717, 1.165) is 38.5 Å². The van der Waals surface area contributed by atoms with Crippen molar-refractivity contribution < 1.29 is 42.7 Å². The number of carbonyl (C=O) groups is 2. The number of aliphatic carboxylic acids is 1. The third-order valence-electron chi connectivity index (χ3n) is 9.39. The summed E-state index contributed by atoms with van der Waals surface area (Å²) in [6.45, 7) is 3.91. The fourth-order valence-electron chi connectivity index (χ4n) is 6.08. The number of hydrogen-bond donors (Lipinski definition) is 3. The molecule has 10 nitrogen and oxygen atoms in total. The van der Waals surface area contributed by atoms with Crippen LogP contribution in [-0.4, -0.2) is 60.5 Å². The molecule has 0 saturated heterocycles. The Morgan fingerprint density at radius 2 is 0.902 bits per heavy atom. The lowest BCUT2D eigenvalue weighted by atomic mass is 10.0. The minimum atomic E-state index is -4.60. The molecule has 11 heteroatoms. The first-order valence-corrected chi connectivity index (χ1v) is 22.6. The molecule has 0 aliphatic heterocycles. The summed E-state index contributed by atoms with van der Waals surface area (Å²) in [7, 11) is -4.60. The molecule has 0 aromatic heterocycles. The molecule has 3 unspecified atom stereocenters. The highest BCUT2D eigenvalue weighted by Gasteiger charge is 2.27. The summed E-state index contributed by atoms with van der Waals surface area (Å²) >= 11 is 0. The molecular weight excluding hydrogens is 669 g/mol. The van der Waals surface area contributed by atoms with Crippen molar-refractivity contribution in [1.82, 2.24) is 0 Å². The Kier molecular flexibility index (Phi) is 36.5. The van der Waals surface area contributed by atoms with Crippen LogP contribution in [0.1, 0.15) is 206 Å². The first kappa shape index (κ1) is 50.0. The van der Waals surface area contributed by atoms with Gasteiger partial charge < -0.3 is 25.2 Å². The molecule has 0 rings (SSSR count). The fourth-order valence-corrected chi connectivity index (χ4v) is 6.85. The number of phosphoric acid groups is 1. The largest absolute Gasteiger partial charge is 0.480 e. The van der Waals surface area contributed by atoms with Crippen LogP contribution < -0.4 is 5.73 Å². The van der Waals surface area contributed by atoms with Gasteiger partial charge in [-0.15, -0.1) is 0 Å². The average Bonchev–Trinajstić information content (AvgIpc) is 3.10. The van der Waals surface area contributed by atoms with Crippen LogP contribution in [0.25, 0.3) is 0 Å². The average molecular weight is 750 g/mol. The highest BCUT2D eigenvalue weighted by molar-refractivity contribution is 7.47. The van der Waals surface area contributed by atoms with E-state index >= 15 is 0 Å². The van der Waals surface area contributed by atoms with Crippen LogP contribution in [0.5, 0.6) is 0 Å². The van der Waals surface area contributed by atoms with Gasteiger partial charge in [0.15, 0.2) is 0 Å². The number of carbonyl (C=O) groups excluding carboxylic acids is 1. The van der Waals surface area contributed by atoms with Crippen molar-refractivity contribution in [2.45, 2.75) is 219 Å². The van der Waals surface area contributed by atoms with Gasteiger partial charge in [0.1, 0.15) is 12.1 Å². The van der Waals surface area contributed by atoms with Crippen LogP contribution in [0.2, 0.25) is 0 Å². The van der Waals surface area contributed by atoms with Crippen LogP contribution in [0.4, 0.5) is 0 Å². The molecule has 3 atom stereocenters. The van der Waals surface area contributed by atoms with Gasteiger partial charge in [0.2, 0.25) is 0 Å². The Hall–Kier alpha value is -1.03. The lowest BCUT2D eigenvalue weighted by Gasteiger charge is -2.20. The van der Waals surface area contributed by atoms with Crippen molar-refractivity contribution in [2.75, 3.05) is 26.4 Å². The van der Waals surface area contributed by atoms with E-state index in [4.69, 9.17) is 29.4 Å². The Bertz CT molecular complexity index is 832. The molecule has 0 spiro atoms. The fraction of sp³-hybridized carbons (Fsp3) is 0.950. The van der Waals surface area contributed by atoms with Crippen molar-refractivity contribution in [3.05, 3.63) is 0 Å². The van der Waals surface area contributed by atoms with E-state index in [1.807, 2.05) is 0 Å². The molecular formula is C40H80NO9P. The molecule has 0 aliphatic rings. The Balaban J connectivity index is 4.19. The second-order valence-electron chi connectivity index (χ2n) is 14.5. The van der Waals surface area contributed by atoms with Crippen molar-refractivity contribution in [1.29, 1.82) is 0 Å². The van der Waals surface area contributed by atoms with E-state index in [2.05, 4.69) is 13.8 Å². The molecule has 304 valence electrons. The summed E-state index contributed by atoms with van der Waals surface area (Å²) in [5, 5.41) is 8.88. The number of ether oxygens (including phenoxy) is 2. The number of carboxylic acids is 1. The monoisotopic (exact) mass is 750 g/mol. The molecule has 51 heavy (non-hydrogen) atoms. The molecule has 0 bridgehead atoms. The Morgan fingerprint density at radius 3 is 1.29 bits per heavy atom. The number of carboxylic acid groups (broad SMARTS) is 1. The summed E-state index contributed by atoms with van der Waals surface area (Å²) in [6.07, 6.45) is 35.8. The van der Waals surface area contributed by atoms with Crippen LogP contribution in [0, 0.1) is 0 Å². The van der Waals surface area contributed by atoms with E-state index in [1.54, 1.807) is 0 Å². The van der Waals surface area contributed by atoms with Crippen LogP contribution in [0.3, 0.4) is 0 Å². The quantitative estimate of drug-likeness (QED) is 0.0312. The van der Waals surface area contributed by atoms with E-state index in [0.29, 0.717) is 6.61 Å². The molecule has 0 aromatic rings. The highest BCUT2D eigenvalue weighted by Crippen LogP contribution is 2.43. The number of hydrogen-bond acceptors (Lipinski definition) is 8. The van der Waals surface area contributed by atoms with Gasteiger partial charge >= 0.3 is 19.8 Å². The number of rotatable bonds is 41. The van der Waals surface area contributed by atoms with Gasteiger partial charge in [-0.3, -0.25) is 18.6 Å². The summed E-state index contributed by atoms with van der Waals surface area (Å²) < 4.78 is 33.3. The van der Waals surface area contributed by atoms with Crippen LogP contribution >= 0.6 is 7.82 Å². The number of nitrogens with two attached hydrogens (primary N) is 1. The molecule has 4 N–H and O–H groups in total.